The predicted molar refractivity (Wildman–Crippen MR) is 96.4 cm³/mol. The second-order valence-corrected chi connectivity index (χ2v) is 6.56. The molecule has 0 aliphatic carbocycles. The molecule has 0 radical (unpaired) electrons. The number of hydrogen-bond donors (Lipinski definition) is 2. The van der Waals surface area contributed by atoms with Gasteiger partial charge in [-0.1, -0.05) is 49.7 Å². The average Bonchev–Trinajstić information content (AvgIpc) is 2.49. The van der Waals surface area contributed by atoms with Crippen molar-refractivity contribution in [3.05, 3.63) is 47.5 Å². The summed E-state index contributed by atoms with van der Waals surface area (Å²) in [4.78, 5) is 20.3. The van der Waals surface area contributed by atoms with Gasteiger partial charge in [-0.15, -0.1) is 0 Å². The number of rotatable bonds is 5. The summed E-state index contributed by atoms with van der Waals surface area (Å²) in [6.07, 6.45) is 2.72. The van der Waals surface area contributed by atoms with Crippen LogP contribution in [0.5, 0.6) is 0 Å². The van der Waals surface area contributed by atoms with Crippen molar-refractivity contribution in [1.82, 2.24) is 0 Å². The second-order valence-electron chi connectivity index (χ2n) is 6.56. The highest BCUT2D eigenvalue weighted by Gasteiger charge is 2.28. The van der Waals surface area contributed by atoms with Crippen molar-refractivity contribution in [1.29, 1.82) is 0 Å². The van der Waals surface area contributed by atoms with E-state index >= 15 is 0 Å². The summed E-state index contributed by atoms with van der Waals surface area (Å²) >= 11 is 0. The van der Waals surface area contributed by atoms with Crippen LogP contribution in [0.15, 0.2) is 36.4 Å². The van der Waals surface area contributed by atoms with Gasteiger partial charge < -0.3 is 10.2 Å². The van der Waals surface area contributed by atoms with Gasteiger partial charge in [0.05, 0.1) is 5.41 Å². The summed E-state index contributed by atoms with van der Waals surface area (Å²) in [5, 5.41) is 19.2. The van der Waals surface area contributed by atoms with Crippen molar-refractivity contribution in [3.8, 4) is 0 Å². The molecule has 2 aromatic carbocycles. The zero-order valence-electron chi connectivity index (χ0n) is 14.8. The molecule has 0 aliphatic rings. The molecule has 0 aromatic heterocycles. The highest BCUT2D eigenvalue weighted by atomic mass is 16.4. The van der Waals surface area contributed by atoms with Gasteiger partial charge in [-0.05, 0) is 48.6 Å². The van der Waals surface area contributed by atoms with E-state index in [1.165, 1.54) is 16.3 Å². The molecule has 0 atom stereocenters. The topological polar surface area (TPSA) is 74.6 Å². The van der Waals surface area contributed by atoms with E-state index in [4.69, 9.17) is 9.90 Å². The molecule has 2 rings (SSSR count). The molecule has 0 saturated heterocycles. The molecule has 0 unspecified atom stereocenters. The molecule has 0 heterocycles. The maximum Gasteiger partial charge on any atom is 0.309 e. The van der Waals surface area contributed by atoms with Crippen LogP contribution < -0.4 is 0 Å². The molecular weight excluding hydrogens is 304 g/mol. The Balaban J connectivity index is 0.000000648. The van der Waals surface area contributed by atoms with Crippen LogP contribution in [-0.4, -0.2) is 22.2 Å². The van der Waals surface area contributed by atoms with Crippen LogP contribution in [0.2, 0.25) is 0 Å². The fraction of sp³-hybridized carbons (Fsp3) is 0.400. The summed E-state index contributed by atoms with van der Waals surface area (Å²) in [5.74, 6) is -1.58. The lowest BCUT2D eigenvalue weighted by Gasteiger charge is -2.21. The Morgan fingerprint density at radius 3 is 1.88 bits per heavy atom. The number of fused-ring (bicyclic) bond motifs is 1. The van der Waals surface area contributed by atoms with Gasteiger partial charge in [0.25, 0.3) is 5.97 Å². The Bertz CT molecular complexity index is 713. The normalized spacial score (nSPS) is 10.8. The minimum Gasteiger partial charge on any atom is -0.481 e. The first-order valence-electron chi connectivity index (χ1n) is 8.11. The van der Waals surface area contributed by atoms with E-state index in [1.54, 1.807) is 13.8 Å². The lowest BCUT2D eigenvalue weighted by atomic mass is 9.83. The number of aliphatic carboxylic acids is 2. The van der Waals surface area contributed by atoms with E-state index in [0.29, 0.717) is 6.42 Å². The Labute approximate surface area is 143 Å². The second kappa shape index (κ2) is 8.48. The average molecular weight is 330 g/mol. The lowest BCUT2D eigenvalue weighted by Crippen LogP contribution is -2.26. The van der Waals surface area contributed by atoms with Gasteiger partial charge >= 0.3 is 5.97 Å². The van der Waals surface area contributed by atoms with E-state index in [1.807, 2.05) is 12.1 Å². The standard InChI is InChI=1S/C18H22O2.C2H4O2/c1-4-7-13-10-11-14(12-18(2,3)17(19)20)16-9-6-5-8-15(13)16;1-2(3)4/h5-6,8-11H,4,7,12H2,1-3H3,(H,19,20);1H3,(H,3,4). The molecule has 130 valence electrons. The lowest BCUT2D eigenvalue weighted by molar-refractivity contribution is -0.146. The molecule has 0 fully saturated rings. The number of carbonyl (C=O) groups is 2. The van der Waals surface area contributed by atoms with Gasteiger partial charge in [0.2, 0.25) is 0 Å². The largest absolute Gasteiger partial charge is 0.481 e. The monoisotopic (exact) mass is 330 g/mol. The van der Waals surface area contributed by atoms with Crippen molar-refractivity contribution >= 4 is 22.7 Å². The zero-order valence-corrected chi connectivity index (χ0v) is 14.8. The third kappa shape index (κ3) is 5.37. The van der Waals surface area contributed by atoms with Gasteiger partial charge in [-0.3, -0.25) is 9.59 Å². The third-order valence-electron chi connectivity index (χ3n) is 3.84. The van der Waals surface area contributed by atoms with E-state index < -0.39 is 17.4 Å². The van der Waals surface area contributed by atoms with Gasteiger partial charge in [0.1, 0.15) is 0 Å². The first-order chi connectivity index (χ1) is 11.2. The number of benzene rings is 2. The van der Waals surface area contributed by atoms with Gasteiger partial charge in [0.15, 0.2) is 0 Å². The molecule has 2 N–H and O–H groups in total. The molecule has 4 heteroatoms. The van der Waals surface area contributed by atoms with Crippen LogP contribution in [0.1, 0.15) is 45.2 Å². The minimum absolute atomic E-state index is 0.551. The number of carboxylic acids is 2. The first-order valence-corrected chi connectivity index (χ1v) is 8.11. The highest BCUT2D eigenvalue weighted by Crippen LogP contribution is 2.29. The molecule has 0 saturated carbocycles. The summed E-state index contributed by atoms with van der Waals surface area (Å²) in [5.41, 5.74) is 1.72. The van der Waals surface area contributed by atoms with Crippen molar-refractivity contribution in [2.24, 2.45) is 5.41 Å². The fourth-order valence-electron chi connectivity index (χ4n) is 2.62. The third-order valence-corrected chi connectivity index (χ3v) is 3.84. The van der Waals surface area contributed by atoms with Crippen LogP contribution >= 0.6 is 0 Å². The van der Waals surface area contributed by atoms with Crippen LogP contribution in [-0.2, 0) is 22.4 Å². The Kier molecular flexibility index (Phi) is 6.96. The van der Waals surface area contributed by atoms with E-state index in [-0.39, 0.29) is 0 Å². The zero-order chi connectivity index (χ0) is 18.3. The molecule has 0 bridgehead atoms. The van der Waals surface area contributed by atoms with Crippen LogP contribution in [0.25, 0.3) is 10.8 Å². The molecule has 0 aliphatic heterocycles. The van der Waals surface area contributed by atoms with Crippen LogP contribution in [0.3, 0.4) is 0 Å². The van der Waals surface area contributed by atoms with Crippen LogP contribution in [0, 0.1) is 5.41 Å². The number of carboxylic acid groups (broad SMARTS) is 2. The maximum absolute atomic E-state index is 11.3. The number of hydrogen-bond acceptors (Lipinski definition) is 2. The SMILES string of the molecule is CC(=O)O.CCCc1ccc(CC(C)(C)C(=O)O)c2ccccc12. The van der Waals surface area contributed by atoms with Crippen molar-refractivity contribution in [3.63, 3.8) is 0 Å². The smallest absolute Gasteiger partial charge is 0.309 e. The molecule has 0 spiro atoms. The molecule has 24 heavy (non-hydrogen) atoms. The Morgan fingerprint density at radius 2 is 1.42 bits per heavy atom. The summed E-state index contributed by atoms with van der Waals surface area (Å²) < 4.78 is 0. The van der Waals surface area contributed by atoms with E-state index in [0.717, 1.165) is 25.3 Å². The van der Waals surface area contributed by atoms with Crippen molar-refractivity contribution < 1.29 is 19.8 Å². The van der Waals surface area contributed by atoms with E-state index in [9.17, 15) is 9.90 Å². The van der Waals surface area contributed by atoms with Crippen LogP contribution in [0.4, 0.5) is 0 Å². The minimum atomic E-state index is -0.833. The quantitative estimate of drug-likeness (QED) is 0.844. The Morgan fingerprint density at radius 1 is 0.958 bits per heavy atom. The molecule has 0 amide bonds. The summed E-state index contributed by atoms with van der Waals surface area (Å²) in [6.45, 7) is 6.82. The van der Waals surface area contributed by atoms with E-state index in [2.05, 4.69) is 31.2 Å². The number of aryl methyl sites for hydroxylation is 1. The van der Waals surface area contributed by atoms with Gasteiger partial charge in [0, 0.05) is 6.92 Å². The fourth-order valence-corrected chi connectivity index (χ4v) is 2.62. The first kappa shape index (κ1) is 19.7. The molecule has 4 nitrogen and oxygen atoms in total. The van der Waals surface area contributed by atoms with Crippen molar-refractivity contribution in [2.75, 3.05) is 0 Å². The van der Waals surface area contributed by atoms with Gasteiger partial charge in [-0.2, -0.15) is 0 Å². The maximum atomic E-state index is 11.3. The Hall–Kier alpha value is -2.36. The summed E-state index contributed by atoms with van der Waals surface area (Å²) in [7, 11) is 0. The highest BCUT2D eigenvalue weighted by molar-refractivity contribution is 5.89. The predicted octanol–water partition coefficient (Wildman–Crippen LogP) is 4.54. The summed E-state index contributed by atoms with van der Waals surface area (Å²) in [6, 6.07) is 12.6. The molecular formula is C20H26O4. The van der Waals surface area contributed by atoms with Crippen molar-refractivity contribution in [2.45, 2.75) is 47.0 Å². The molecule has 2 aromatic rings. The van der Waals surface area contributed by atoms with Gasteiger partial charge in [-0.25, -0.2) is 0 Å².